The molecule has 1 aromatic rings. The Bertz CT molecular complexity index is 322. The molecule has 0 spiro atoms. The first-order chi connectivity index (χ1) is 6.38. The van der Waals surface area contributed by atoms with Gasteiger partial charge in [0.15, 0.2) is 0 Å². The summed E-state index contributed by atoms with van der Waals surface area (Å²) in [4.78, 5) is 0. The standard InChI is InChI=1S/C10H13BrINO/c1-10(2,14)6-13-7-3-4-9(12)8(11)5-7/h3-5,13-14H,6H2,1-2H3. The number of anilines is 1. The second-order valence-corrected chi connectivity index (χ2v) is 5.81. The normalized spacial score (nSPS) is 11.5. The Morgan fingerprint density at radius 2 is 2.14 bits per heavy atom. The molecule has 0 unspecified atom stereocenters. The molecule has 1 rings (SSSR count). The van der Waals surface area contributed by atoms with Gasteiger partial charge in [-0.2, -0.15) is 0 Å². The second kappa shape index (κ2) is 4.81. The Hall–Kier alpha value is 0.190. The van der Waals surface area contributed by atoms with Crippen LogP contribution in [0.25, 0.3) is 0 Å². The molecule has 0 heterocycles. The van der Waals surface area contributed by atoms with E-state index in [1.54, 1.807) is 13.8 Å². The molecule has 0 amide bonds. The Kier molecular flexibility index (Phi) is 4.21. The van der Waals surface area contributed by atoms with Crippen molar-refractivity contribution in [2.75, 3.05) is 11.9 Å². The van der Waals surface area contributed by atoms with Crippen LogP contribution in [0, 0.1) is 3.57 Å². The molecule has 0 saturated carbocycles. The van der Waals surface area contributed by atoms with Crippen LogP contribution >= 0.6 is 38.5 Å². The van der Waals surface area contributed by atoms with Crippen molar-refractivity contribution in [1.29, 1.82) is 0 Å². The van der Waals surface area contributed by atoms with Crippen molar-refractivity contribution >= 4 is 44.2 Å². The molecule has 2 N–H and O–H groups in total. The van der Waals surface area contributed by atoms with Gasteiger partial charge in [-0.15, -0.1) is 0 Å². The molecule has 0 fully saturated rings. The lowest BCUT2D eigenvalue weighted by Gasteiger charge is -2.18. The van der Waals surface area contributed by atoms with Gasteiger partial charge in [-0.3, -0.25) is 0 Å². The van der Waals surface area contributed by atoms with Crippen LogP contribution in [0.4, 0.5) is 5.69 Å². The maximum absolute atomic E-state index is 9.53. The van der Waals surface area contributed by atoms with Gasteiger partial charge in [-0.25, -0.2) is 0 Å². The highest BCUT2D eigenvalue weighted by Crippen LogP contribution is 2.23. The monoisotopic (exact) mass is 369 g/mol. The zero-order valence-corrected chi connectivity index (χ0v) is 11.9. The zero-order chi connectivity index (χ0) is 10.8. The maximum atomic E-state index is 9.53. The van der Waals surface area contributed by atoms with E-state index in [-0.39, 0.29) is 0 Å². The van der Waals surface area contributed by atoms with E-state index in [1.807, 2.05) is 18.2 Å². The Labute approximate surface area is 106 Å². The lowest BCUT2D eigenvalue weighted by atomic mass is 10.1. The number of hydrogen-bond acceptors (Lipinski definition) is 2. The van der Waals surface area contributed by atoms with Gasteiger partial charge in [-0.05, 0) is 70.6 Å². The van der Waals surface area contributed by atoms with Crippen LogP contribution in [-0.2, 0) is 0 Å². The van der Waals surface area contributed by atoms with Gasteiger partial charge in [0.05, 0.1) is 5.60 Å². The number of aliphatic hydroxyl groups is 1. The molecule has 4 heteroatoms. The summed E-state index contributed by atoms with van der Waals surface area (Å²) in [5, 5.41) is 12.7. The SMILES string of the molecule is CC(C)(O)CNc1ccc(I)c(Br)c1. The summed E-state index contributed by atoms with van der Waals surface area (Å²) in [7, 11) is 0. The van der Waals surface area contributed by atoms with Crippen molar-refractivity contribution in [2.24, 2.45) is 0 Å². The van der Waals surface area contributed by atoms with Gasteiger partial charge in [0, 0.05) is 20.3 Å². The van der Waals surface area contributed by atoms with Gasteiger partial charge >= 0.3 is 0 Å². The molecule has 0 aliphatic carbocycles. The summed E-state index contributed by atoms with van der Waals surface area (Å²) in [5.74, 6) is 0. The van der Waals surface area contributed by atoms with E-state index >= 15 is 0 Å². The number of halogens is 2. The average Bonchev–Trinajstić information content (AvgIpc) is 2.06. The lowest BCUT2D eigenvalue weighted by molar-refractivity contribution is 0.0945. The molecular weight excluding hydrogens is 357 g/mol. The van der Waals surface area contributed by atoms with Crippen LogP contribution in [0.3, 0.4) is 0 Å². The quantitative estimate of drug-likeness (QED) is 0.801. The molecular formula is C10H13BrINO. The van der Waals surface area contributed by atoms with Gasteiger partial charge in [0.25, 0.3) is 0 Å². The summed E-state index contributed by atoms with van der Waals surface area (Å²) < 4.78 is 2.25. The number of rotatable bonds is 3. The Balaban J connectivity index is 2.65. The van der Waals surface area contributed by atoms with Gasteiger partial charge in [0.2, 0.25) is 0 Å². The number of nitrogens with one attached hydrogen (secondary N) is 1. The first-order valence-electron chi connectivity index (χ1n) is 4.30. The Morgan fingerprint density at radius 1 is 1.50 bits per heavy atom. The van der Waals surface area contributed by atoms with E-state index in [2.05, 4.69) is 43.8 Å². The van der Waals surface area contributed by atoms with Gasteiger partial charge < -0.3 is 10.4 Å². The van der Waals surface area contributed by atoms with Crippen molar-refractivity contribution in [1.82, 2.24) is 0 Å². The smallest absolute Gasteiger partial charge is 0.0763 e. The molecule has 0 bridgehead atoms. The minimum atomic E-state index is -0.685. The molecule has 1 aromatic carbocycles. The highest BCUT2D eigenvalue weighted by atomic mass is 127. The summed E-state index contributed by atoms with van der Waals surface area (Å²) in [6, 6.07) is 6.03. The topological polar surface area (TPSA) is 32.3 Å². The average molecular weight is 370 g/mol. The summed E-state index contributed by atoms with van der Waals surface area (Å²) >= 11 is 5.72. The highest BCUT2D eigenvalue weighted by molar-refractivity contribution is 14.1. The minimum Gasteiger partial charge on any atom is -0.389 e. The predicted octanol–water partition coefficient (Wildman–Crippen LogP) is 3.24. The largest absolute Gasteiger partial charge is 0.389 e. The van der Waals surface area contributed by atoms with Crippen molar-refractivity contribution in [2.45, 2.75) is 19.4 Å². The van der Waals surface area contributed by atoms with Crippen molar-refractivity contribution in [3.05, 3.63) is 26.2 Å². The molecule has 2 nitrogen and oxygen atoms in total. The molecule has 0 atom stereocenters. The molecule has 0 aliphatic rings. The third kappa shape index (κ3) is 4.14. The van der Waals surface area contributed by atoms with E-state index < -0.39 is 5.60 Å². The van der Waals surface area contributed by atoms with Crippen molar-refractivity contribution in [3.63, 3.8) is 0 Å². The van der Waals surface area contributed by atoms with E-state index in [0.29, 0.717) is 6.54 Å². The van der Waals surface area contributed by atoms with Crippen molar-refractivity contribution < 1.29 is 5.11 Å². The van der Waals surface area contributed by atoms with Crippen LogP contribution in [0.1, 0.15) is 13.8 Å². The first-order valence-corrected chi connectivity index (χ1v) is 6.17. The van der Waals surface area contributed by atoms with E-state index in [0.717, 1.165) is 10.2 Å². The molecule has 0 saturated heterocycles. The van der Waals surface area contributed by atoms with Crippen LogP contribution in [0.15, 0.2) is 22.7 Å². The van der Waals surface area contributed by atoms with Crippen LogP contribution in [0.2, 0.25) is 0 Å². The number of hydrogen-bond donors (Lipinski definition) is 2. The van der Waals surface area contributed by atoms with Crippen molar-refractivity contribution in [3.8, 4) is 0 Å². The Morgan fingerprint density at radius 3 is 2.64 bits per heavy atom. The minimum absolute atomic E-state index is 0.542. The fraction of sp³-hybridized carbons (Fsp3) is 0.400. The molecule has 0 aliphatic heterocycles. The van der Waals surface area contributed by atoms with Gasteiger partial charge in [-0.1, -0.05) is 0 Å². The van der Waals surface area contributed by atoms with Crippen LogP contribution in [-0.4, -0.2) is 17.3 Å². The summed E-state index contributed by atoms with van der Waals surface area (Å²) in [6.07, 6.45) is 0. The second-order valence-electron chi connectivity index (χ2n) is 3.79. The third-order valence-corrected chi connectivity index (χ3v) is 3.98. The zero-order valence-electron chi connectivity index (χ0n) is 8.14. The first kappa shape index (κ1) is 12.3. The predicted molar refractivity (Wildman–Crippen MR) is 71.6 cm³/mol. The maximum Gasteiger partial charge on any atom is 0.0763 e. The van der Waals surface area contributed by atoms with E-state index in [1.165, 1.54) is 3.57 Å². The molecule has 78 valence electrons. The summed E-state index contributed by atoms with van der Waals surface area (Å²) in [5.41, 5.74) is 0.328. The van der Waals surface area contributed by atoms with Crippen LogP contribution < -0.4 is 5.32 Å². The molecule has 14 heavy (non-hydrogen) atoms. The van der Waals surface area contributed by atoms with Crippen LogP contribution in [0.5, 0.6) is 0 Å². The number of benzene rings is 1. The van der Waals surface area contributed by atoms with E-state index in [4.69, 9.17) is 0 Å². The lowest BCUT2D eigenvalue weighted by Crippen LogP contribution is -2.29. The molecule has 0 aromatic heterocycles. The van der Waals surface area contributed by atoms with E-state index in [9.17, 15) is 5.11 Å². The molecule has 0 radical (unpaired) electrons. The van der Waals surface area contributed by atoms with Gasteiger partial charge in [0.1, 0.15) is 0 Å². The third-order valence-electron chi connectivity index (χ3n) is 1.64. The fourth-order valence-electron chi connectivity index (χ4n) is 0.924. The highest BCUT2D eigenvalue weighted by Gasteiger charge is 2.11. The fourth-order valence-corrected chi connectivity index (χ4v) is 1.64. The summed E-state index contributed by atoms with van der Waals surface area (Å²) in [6.45, 7) is 4.10.